The molecule has 0 unspecified atom stereocenters. The fourth-order valence-electron chi connectivity index (χ4n) is 1.89. The Balaban J connectivity index is 2.18. The molecule has 0 saturated carbocycles. The van der Waals surface area contributed by atoms with Crippen molar-refractivity contribution in [2.45, 2.75) is 24.6 Å². The van der Waals surface area contributed by atoms with Gasteiger partial charge in [-0.3, -0.25) is 4.52 Å². The van der Waals surface area contributed by atoms with Gasteiger partial charge in [-0.05, 0) is 6.07 Å². The van der Waals surface area contributed by atoms with Gasteiger partial charge in [-0.15, -0.1) is 0 Å². The molecule has 12 heteroatoms. The summed E-state index contributed by atoms with van der Waals surface area (Å²) in [4.78, 5) is 32.0. The van der Waals surface area contributed by atoms with E-state index in [0.29, 0.717) is 4.57 Å². The summed E-state index contributed by atoms with van der Waals surface area (Å²) in [6.45, 7) is -0.742. The Morgan fingerprint density at radius 3 is 2.90 bits per heavy atom. The zero-order valence-electron chi connectivity index (χ0n) is 10.5. The summed E-state index contributed by atoms with van der Waals surface area (Å²) in [5.74, 6) is -2.82. The first kappa shape index (κ1) is 16.0. The van der Waals surface area contributed by atoms with E-state index in [-0.39, 0.29) is 5.82 Å². The van der Waals surface area contributed by atoms with E-state index >= 15 is 0 Å². The molecule has 0 radical (unpaired) electrons. The van der Waals surface area contributed by atoms with Crippen molar-refractivity contribution in [3.8, 4) is 0 Å². The third-order valence-corrected chi connectivity index (χ3v) is 3.30. The van der Waals surface area contributed by atoms with E-state index in [1.54, 1.807) is 0 Å². The van der Waals surface area contributed by atoms with Gasteiger partial charge in [0, 0.05) is 6.20 Å². The highest BCUT2D eigenvalue weighted by Gasteiger charge is 2.49. The van der Waals surface area contributed by atoms with Crippen LogP contribution in [0.25, 0.3) is 0 Å². The van der Waals surface area contributed by atoms with Crippen LogP contribution in [0.5, 0.6) is 0 Å². The lowest BCUT2D eigenvalue weighted by atomic mass is 10.2. The van der Waals surface area contributed by atoms with Gasteiger partial charge in [-0.2, -0.15) is 9.37 Å². The van der Waals surface area contributed by atoms with E-state index in [0.717, 1.165) is 12.3 Å². The number of hydrogen-bond acceptors (Lipinski definition) is 7. The van der Waals surface area contributed by atoms with Gasteiger partial charge in [0.25, 0.3) is 5.98 Å². The van der Waals surface area contributed by atoms with Crippen molar-refractivity contribution in [1.82, 2.24) is 9.55 Å². The number of anilines is 1. The SMILES string of the molecule is Nc1ccn([C@@]2(F)C[C@H](O)[C@@H](COP(=O)(O)O)O2)c(=O)n1. The van der Waals surface area contributed by atoms with E-state index in [4.69, 9.17) is 20.3 Å². The van der Waals surface area contributed by atoms with Gasteiger partial charge in [0.15, 0.2) is 0 Å². The van der Waals surface area contributed by atoms with Crippen LogP contribution in [0.15, 0.2) is 17.1 Å². The summed E-state index contributed by atoms with van der Waals surface area (Å²) in [5.41, 5.74) is 4.25. The largest absolute Gasteiger partial charge is 0.469 e. The second-order valence-corrected chi connectivity index (χ2v) is 5.65. The molecule has 0 bridgehead atoms. The van der Waals surface area contributed by atoms with E-state index < -0.39 is 44.7 Å². The Morgan fingerprint density at radius 2 is 2.33 bits per heavy atom. The molecule has 1 fully saturated rings. The summed E-state index contributed by atoms with van der Waals surface area (Å²) in [6.07, 6.45) is -2.41. The maximum atomic E-state index is 14.6. The van der Waals surface area contributed by atoms with Gasteiger partial charge < -0.3 is 25.4 Å². The zero-order valence-corrected chi connectivity index (χ0v) is 11.4. The second-order valence-electron chi connectivity index (χ2n) is 4.41. The number of ether oxygens (including phenoxy) is 1. The number of nitrogens with two attached hydrogens (primary N) is 1. The molecule has 21 heavy (non-hydrogen) atoms. The van der Waals surface area contributed by atoms with Gasteiger partial charge in [0.05, 0.1) is 19.1 Å². The van der Waals surface area contributed by atoms with Crippen LogP contribution < -0.4 is 11.4 Å². The van der Waals surface area contributed by atoms with Crippen LogP contribution in [0, 0.1) is 0 Å². The molecule has 1 aliphatic rings. The normalized spacial score (nSPS) is 29.7. The first-order valence-corrected chi connectivity index (χ1v) is 7.24. The number of aliphatic hydroxyl groups is 1. The highest BCUT2D eigenvalue weighted by atomic mass is 31.2. The van der Waals surface area contributed by atoms with Crippen LogP contribution in [0.4, 0.5) is 10.2 Å². The fourth-order valence-corrected chi connectivity index (χ4v) is 2.23. The van der Waals surface area contributed by atoms with E-state index in [1.165, 1.54) is 0 Å². The Bertz CT molecular complexity index is 634. The number of nitrogens with zero attached hydrogens (tertiary/aromatic N) is 2. The van der Waals surface area contributed by atoms with Crippen molar-refractivity contribution < 1.29 is 33.1 Å². The maximum Gasteiger partial charge on any atom is 0.469 e. The molecule has 0 spiro atoms. The van der Waals surface area contributed by atoms with Crippen LogP contribution in [0.2, 0.25) is 0 Å². The van der Waals surface area contributed by atoms with Crippen LogP contribution in [0.1, 0.15) is 6.42 Å². The first-order valence-electron chi connectivity index (χ1n) is 5.71. The number of halogens is 1. The topological polar surface area (TPSA) is 157 Å². The molecule has 5 N–H and O–H groups in total. The lowest BCUT2D eigenvalue weighted by molar-refractivity contribution is -0.204. The molecule has 1 saturated heterocycles. The molecule has 0 amide bonds. The van der Waals surface area contributed by atoms with Crippen molar-refractivity contribution in [3.63, 3.8) is 0 Å². The smallest absolute Gasteiger partial charge is 0.390 e. The molecule has 10 nitrogen and oxygen atoms in total. The average Bonchev–Trinajstić information content (AvgIpc) is 2.61. The Labute approximate surface area is 117 Å². The van der Waals surface area contributed by atoms with Crippen molar-refractivity contribution in [3.05, 3.63) is 22.7 Å². The Morgan fingerprint density at radius 1 is 1.67 bits per heavy atom. The van der Waals surface area contributed by atoms with Gasteiger partial charge in [-0.1, -0.05) is 0 Å². The van der Waals surface area contributed by atoms with Crippen LogP contribution in [-0.4, -0.2) is 43.3 Å². The highest BCUT2D eigenvalue weighted by Crippen LogP contribution is 2.40. The Kier molecular flexibility index (Phi) is 4.15. The predicted molar refractivity (Wildman–Crippen MR) is 65.5 cm³/mol. The lowest BCUT2D eigenvalue weighted by Crippen LogP contribution is -2.39. The van der Waals surface area contributed by atoms with E-state index in [9.17, 15) is 18.9 Å². The quantitative estimate of drug-likeness (QED) is 0.492. The van der Waals surface area contributed by atoms with Gasteiger partial charge in [-0.25, -0.2) is 13.9 Å². The standard InChI is InChI=1S/C9H13FN3O7P/c10-9(13-2-1-7(11)12-8(13)15)3-5(14)6(20-9)4-19-21(16,17)18/h1-2,5-6,14H,3-4H2,(H2,11,12,15)(H2,16,17,18)/t5-,6+,9-/m0/s1. The maximum absolute atomic E-state index is 14.6. The molecular weight excluding hydrogens is 312 g/mol. The number of phosphoric ester groups is 1. The summed E-state index contributed by atoms with van der Waals surface area (Å²) >= 11 is 0. The monoisotopic (exact) mass is 325 g/mol. The minimum atomic E-state index is -4.79. The average molecular weight is 325 g/mol. The minimum Gasteiger partial charge on any atom is -0.390 e. The summed E-state index contributed by atoms with van der Waals surface area (Å²) in [7, 11) is -4.79. The predicted octanol–water partition coefficient (Wildman–Crippen LogP) is -1.34. The zero-order chi connectivity index (χ0) is 15.8. The number of aliphatic hydroxyl groups excluding tert-OH is 1. The molecule has 1 aliphatic heterocycles. The highest BCUT2D eigenvalue weighted by molar-refractivity contribution is 7.46. The number of rotatable bonds is 4. The van der Waals surface area contributed by atoms with E-state index in [1.807, 2.05) is 0 Å². The number of aromatic nitrogens is 2. The summed E-state index contributed by atoms with van der Waals surface area (Å²) in [5, 5.41) is 9.67. The number of alkyl halides is 1. The van der Waals surface area contributed by atoms with Crippen molar-refractivity contribution in [2.24, 2.45) is 0 Å². The molecule has 3 atom stereocenters. The number of phosphoric acid groups is 1. The Hall–Kier alpha value is -1.36. The number of nitrogen functional groups attached to an aromatic ring is 1. The first-order chi connectivity index (χ1) is 9.61. The molecule has 1 aromatic rings. The third kappa shape index (κ3) is 3.64. The molecule has 1 aromatic heterocycles. The second kappa shape index (κ2) is 5.44. The lowest BCUT2D eigenvalue weighted by Gasteiger charge is -2.22. The molecule has 0 aromatic carbocycles. The van der Waals surface area contributed by atoms with Crippen LogP contribution in [-0.2, 0) is 19.8 Å². The molecule has 0 aliphatic carbocycles. The van der Waals surface area contributed by atoms with E-state index in [2.05, 4.69) is 9.51 Å². The van der Waals surface area contributed by atoms with Gasteiger partial charge in [0.1, 0.15) is 11.9 Å². The van der Waals surface area contributed by atoms with Crippen LogP contribution >= 0.6 is 7.82 Å². The van der Waals surface area contributed by atoms with Gasteiger partial charge in [0.2, 0.25) is 0 Å². The van der Waals surface area contributed by atoms with Crippen LogP contribution in [0.3, 0.4) is 0 Å². The molecule has 2 rings (SSSR count). The third-order valence-electron chi connectivity index (χ3n) is 2.81. The van der Waals surface area contributed by atoms with Crippen molar-refractivity contribution >= 4 is 13.6 Å². The fraction of sp³-hybridized carbons (Fsp3) is 0.556. The van der Waals surface area contributed by atoms with Gasteiger partial charge >= 0.3 is 13.5 Å². The summed E-state index contributed by atoms with van der Waals surface area (Å²) < 4.78 is 34.7. The van der Waals surface area contributed by atoms with Crippen molar-refractivity contribution in [1.29, 1.82) is 0 Å². The van der Waals surface area contributed by atoms with Crippen molar-refractivity contribution in [2.75, 3.05) is 12.3 Å². The molecule has 2 heterocycles. The summed E-state index contributed by atoms with van der Waals surface area (Å²) in [6, 6.07) is 1.16. The molecule has 118 valence electrons. The minimum absolute atomic E-state index is 0.111. The number of hydrogen-bond donors (Lipinski definition) is 4. The molecular formula is C9H13FN3O7P.